The first-order chi connectivity index (χ1) is 17.4. The second-order valence-electron chi connectivity index (χ2n) is 8.76. The second kappa shape index (κ2) is 8.12. The molecule has 1 aromatic carbocycles. The molecule has 3 aromatic heterocycles. The Morgan fingerprint density at radius 1 is 1.14 bits per heavy atom. The van der Waals surface area contributed by atoms with Gasteiger partial charge in [0.05, 0.1) is 29.3 Å². The molecule has 0 bridgehead atoms. The van der Waals surface area contributed by atoms with Gasteiger partial charge in [0.25, 0.3) is 11.8 Å². The number of pyridine rings is 1. The quantitative estimate of drug-likeness (QED) is 0.415. The van der Waals surface area contributed by atoms with Gasteiger partial charge in [0.15, 0.2) is 5.69 Å². The molecule has 5 heterocycles. The SMILES string of the molecule is Cc1ncc2ccc(NC(=O)c3cn(-c4ccc5c(c4)CN(C4CCC(=O)NC4=O)C5=O)nn3)cn12. The average molecular weight is 484 g/mol. The summed E-state index contributed by atoms with van der Waals surface area (Å²) in [4.78, 5) is 55.1. The van der Waals surface area contributed by atoms with E-state index in [4.69, 9.17) is 0 Å². The predicted octanol–water partition coefficient (Wildman–Crippen LogP) is 1.24. The van der Waals surface area contributed by atoms with Crippen molar-refractivity contribution in [2.24, 2.45) is 0 Å². The molecule has 0 radical (unpaired) electrons. The Morgan fingerprint density at radius 2 is 2.00 bits per heavy atom. The molecule has 1 unspecified atom stereocenters. The number of anilines is 1. The van der Waals surface area contributed by atoms with E-state index in [1.165, 1.54) is 15.8 Å². The van der Waals surface area contributed by atoms with Crippen molar-refractivity contribution in [3.05, 3.63) is 71.6 Å². The standard InChI is InChI=1S/C24H20N8O4/c1-13-25-9-17-3-2-15(11-30(13)17)26-22(34)19-12-32(29-28-19)16-4-5-18-14(8-16)10-31(24(18)36)20-6-7-21(33)27-23(20)35/h2-5,8-9,11-12,20H,6-7,10H2,1H3,(H,26,34)(H,27,33,35). The van der Waals surface area contributed by atoms with E-state index in [9.17, 15) is 19.2 Å². The van der Waals surface area contributed by atoms with Gasteiger partial charge in [-0.15, -0.1) is 5.10 Å². The number of hydrogen-bond donors (Lipinski definition) is 2. The molecule has 1 atom stereocenters. The van der Waals surface area contributed by atoms with Gasteiger partial charge in [-0.1, -0.05) is 5.21 Å². The molecule has 12 nitrogen and oxygen atoms in total. The molecule has 36 heavy (non-hydrogen) atoms. The summed E-state index contributed by atoms with van der Waals surface area (Å²) in [5, 5.41) is 13.2. The number of piperidine rings is 1. The largest absolute Gasteiger partial charge is 0.322 e. The molecule has 2 aliphatic rings. The van der Waals surface area contributed by atoms with E-state index >= 15 is 0 Å². The van der Waals surface area contributed by atoms with E-state index in [1.54, 1.807) is 36.7 Å². The van der Waals surface area contributed by atoms with Gasteiger partial charge in [-0.3, -0.25) is 24.5 Å². The second-order valence-corrected chi connectivity index (χ2v) is 8.76. The Balaban J connectivity index is 1.19. The molecule has 2 N–H and O–H groups in total. The molecule has 4 amide bonds. The summed E-state index contributed by atoms with van der Waals surface area (Å²) >= 11 is 0. The fraction of sp³-hybridized carbons (Fsp3) is 0.208. The van der Waals surface area contributed by atoms with Crippen LogP contribution in [-0.2, 0) is 16.1 Å². The van der Waals surface area contributed by atoms with E-state index in [0.29, 0.717) is 23.4 Å². The van der Waals surface area contributed by atoms with Gasteiger partial charge in [0.1, 0.15) is 11.9 Å². The van der Waals surface area contributed by atoms with Crippen LogP contribution in [0.4, 0.5) is 5.69 Å². The highest BCUT2D eigenvalue weighted by Crippen LogP contribution is 2.29. The molecular formula is C24H20N8O4. The fourth-order valence-corrected chi connectivity index (χ4v) is 4.59. The third kappa shape index (κ3) is 3.59. The van der Waals surface area contributed by atoms with E-state index in [2.05, 4.69) is 25.9 Å². The summed E-state index contributed by atoms with van der Waals surface area (Å²) in [5.41, 5.74) is 3.47. The van der Waals surface area contributed by atoms with Crippen molar-refractivity contribution < 1.29 is 19.2 Å². The van der Waals surface area contributed by atoms with Crippen LogP contribution >= 0.6 is 0 Å². The predicted molar refractivity (Wildman–Crippen MR) is 125 cm³/mol. The number of nitrogens with one attached hydrogen (secondary N) is 2. The Morgan fingerprint density at radius 3 is 2.83 bits per heavy atom. The van der Waals surface area contributed by atoms with Crippen LogP contribution in [0.5, 0.6) is 0 Å². The number of imidazole rings is 1. The van der Waals surface area contributed by atoms with E-state index < -0.39 is 17.9 Å². The van der Waals surface area contributed by atoms with Crippen molar-refractivity contribution in [2.45, 2.75) is 32.4 Å². The van der Waals surface area contributed by atoms with Gasteiger partial charge in [-0.25, -0.2) is 9.67 Å². The van der Waals surface area contributed by atoms with Crippen LogP contribution in [0, 0.1) is 6.92 Å². The van der Waals surface area contributed by atoms with Crippen LogP contribution in [0.15, 0.2) is 48.9 Å². The van der Waals surface area contributed by atoms with Crippen molar-refractivity contribution in [1.82, 2.24) is 34.6 Å². The Kier molecular flexibility index (Phi) is 4.88. The van der Waals surface area contributed by atoms with Crippen molar-refractivity contribution in [1.29, 1.82) is 0 Å². The first kappa shape index (κ1) is 21.6. The lowest BCUT2D eigenvalue weighted by Crippen LogP contribution is -2.52. The summed E-state index contributed by atoms with van der Waals surface area (Å²) in [7, 11) is 0. The van der Waals surface area contributed by atoms with Crippen LogP contribution in [-0.4, -0.2) is 58.9 Å². The Hall–Kier alpha value is -4.87. The highest BCUT2D eigenvalue weighted by Gasteiger charge is 2.39. The van der Waals surface area contributed by atoms with Gasteiger partial charge >= 0.3 is 0 Å². The lowest BCUT2D eigenvalue weighted by Gasteiger charge is -2.29. The third-order valence-corrected chi connectivity index (χ3v) is 6.47. The molecule has 4 aromatic rings. The number of imide groups is 1. The smallest absolute Gasteiger partial charge is 0.277 e. The Labute approximate surface area is 203 Å². The zero-order valence-electron chi connectivity index (χ0n) is 19.1. The van der Waals surface area contributed by atoms with Crippen LogP contribution in [0.3, 0.4) is 0 Å². The molecule has 12 heteroatoms. The number of aryl methyl sites for hydroxylation is 1. The summed E-state index contributed by atoms with van der Waals surface area (Å²) in [6, 6.07) is 8.12. The highest BCUT2D eigenvalue weighted by molar-refractivity contribution is 6.05. The molecule has 0 saturated carbocycles. The van der Waals surface area contributed by atoms with Gasteiger partial charge in [0, 0.05) is 24.7 Å². The lowest BCUT2D eigenvalue weighted by atomic mass is 10.0. The maximum atomic E-state index is 12.9. The highest BCUT2D eigenvalue weighted by atomic mass is 16.2. The molecule has 180 valence electrons. The van der Waals surface area contributed by atoms with Gasteiger partial charge in [-0.2, -0.15) is 0 Å². The molecule has 1 saturated heterocycles. The minimum atomic E-state index is -0.682. The number of nitrogens with zero attached hydrogens (tertiary/aromatic N) is 6. The molecule has 2 aliphatic heterocycles. The van der Waals surface area contributed by atoms with Gasteiger partial charge in [-0.05, 0) is 49.2 Å². The zero-order valence-corrected chi connectivity index (χ0v) is 19.1. The molecule has 0 aliphatic carbocycles. The molecular weight excluding hydrogens is 464 g/mol. The minimum absolute atomic E-state index is 0.124. The normalized spacial score (nSPS) is 17.4. The van der Waals surface area contributed by atoms with E-state index in [1.807, 2.05) is 17.4 Å². The number of carbonyl (C=O) groups excluding carboxylic acids is 4. The number of rotatable bonds is 4. The summed E-state index contributed by atoms with van der Waals surface area (Å²) < 4.78 is 3.33. The summed E-state index contributed by atoms with van der Waals surface area (Å²) in [6.45, 7) is 2.12. The fourth-order valence-electron chi connectivity index (χ4n) is 4.59. The molecule has 0 spiro atoms. The van der Waals surface area contributed by atoms with Crippen LogP contribution in [0.25, 0.3) is 11.2 Å². The monoisotopic (exact) mass is 484 g/mol. The maximum absolute atomic E-state index is 12.9. The van der Waals surface area contributed by atoms with Gasteiger partial charge in [0.2, 0.25) is 11.8 Å². The van der Waals surface area contributed by atoms with Crippen molar-refractivity contribution in [3.63, 3.8) is 0 Å². The number of aromatic nitrogens is 5. The Bertz CT molecular complexity index is 1590. The van der Waals surface area contributed by atoms with Crippen molar-refractivity contribution in [3.8, 4) is 5.69 Å². The topological polar surface area (TPSA) is 144 Å². The van der Waals surface area contributed by atoms with Gasteiger partial charge < -0.3 is 14.6 Å². The maximum Gasteiger partial charge on any atom is 0.277 e. The van der Waals surface area contributed by atoms with E-state index in [-0.39, 0.29) is 30.5 Å². The molecule has 6 rings (SSSR count). The van der Waals surface area contributed by atoms with E-state index in [0.717, 1.165) is 16.9 Å². The lowest BCUT2D eigenvalue weighted by molar-refractivity contribution is -0.136. The van der Waals surface area contributed by atoms with Crippen LogP contribution in [0.1, 0.15) is 45.1 Å². The summed E-state index contributed by atoms with van der Waals surface area (Å²) in [6.07, 6.45) is 5.53. The van der Waals surface area contributed by atoms with Crippen molar-refractivity contribution >= 4 is 34.8 Å². The number of hydrogen-bond acceptors (Lipinski definition) is 7. The number of benzene rings is 1. The zero-order chi connectivity index (χ0) is 25.0. The van der Waals surface area contributed by atoms with Crippen LogP contribution < -0.4 is 10.6 Å². The summed E-state index contributed by atoms with van der Waals surface area (Å²) in [5.74, 6) is -0.653. The number of carbonyl (C=O) groups is 4. The first-order valence-electron chi connectivity index (χ1n) is 11.3. The minimum Gasteiger partial charge on any atom is -0.322 e. The number of amides is 4. The molecule has 1 fully saturated rings. The first-order valence-corrected chi connectivity index (χ1v) is 11.3. The average Bonchev–Trinajstić information content (AvgIpc) is 3.57. The third-order valence-electron chi connectivity index (χ3n) is 6.47. The number of fused-ring (bicyclic) bond motifs is 2. The van der Waals surface area contributed by atoms with Crippen molar-refractivity contribution in [2.75, 3.05) is 5.32 Å². The van der Waals surface area contributed by atoms with Crippen LogP contribution in [0.2, 0.25) is 0 Å².